The van der Waals surface area contributed by atoms with Gasteiger partial charge < -0.3 is 10.6 Å². The maximum absolute atomic E-state index is 5.87. The van der Waals surface area contributed by atoms with Gasteiger partial charge in [0, 0.05) is 19.6 Å². The number of hydrogen-bond acceptors (Lipinski definition) is 1. The van der Waals surface area contributed by atoms with Crippen LogP contribution in [0.3, 0.4) is 0 Å². The Labute approximate surface area is 81.0 Å². The molecule has 0 radical (unpaired) electrons. The zero-order valence-corrected chi connectivity index (χ0v) is 8.79. The van der Waals surface area contributed by atoms with Gasteiger partial charge in [-0.25, -0.2) is 0 Å². The van der Waals surface area contributed by atoms with E-state index in [1.807, 2.05) is 6.92 Å². The van der Waals surface area contributed by atoms with Crippen molar-refractivity contribution >= 4 is 5.96 Å². The van der Waals surface area contributed by atoms with E-state index >= 15 is 0 Å². The van der Waals surface area contributed by atoms with Gasteiger partial charge in [0.1, 0.15) is 0 Å². The first-order chi connectivity index (χ1) is 6.27. The lowest BCUT2D eigenvalue weighted by molar-refractivity contribution is 0.394. The average molecular weight is 183 g/mol. The molecule has 0 unspecified atom stereocenters. The lowest BCUT2D eigenvalue weighted by Crippen LogP contribution is -2.39. The zero-order valence-electron chi connectivity index (χ0n) is 8.79. The predicted molar refractivity (Wildman–Crippen MR) is 56.8 cm³/mol. The van der Waals surface area contributed by atoms with E-state index in [1.54, 1.807) is 0 Å². The van der Waals surface area contributed by atoms with Crippen LogP contribution >= 0.6 is 0 Å². The van der Waals surface area contributed by atoms with Crippen molar-refractivity contribution < 1.29 is 0 Å². The third-order valence-electron chi connectivity index (χ3n) is 2.31. The molecule has 0 amide bonds. The van der Waals surface area contributed by atoms with E-state index in [9.17, 15) is 0 Å². The summed E-state index contributed by atoms with van der Waals surface area (Å²) in [5, 5.41) is 0. The summed E-state index contributed by atoms with van der Waals surface area (Å²) >= 11 is 0. The number of nitrogens with two attached hydrogens (primary N) is 1. The number of guanidine groups is 1. The first kappa shape index (κ1) is 10.4. The maximum Gasteiger partial charge on any atom is 0.191 e. The van der Waals surface area contributed by atoms with Crippen molar-refractivity contribution in [1.29, 1.82) is 0 Å². The molecule has 1 aliphatic rings. The fourth-order valence-electron chi connectivity index (χ4n) is 1.44. The topological polar surface area (TPSA) is 41.6 Å². The summed E-state index contributed by atoms with van der Waals surface area (Å²) in [5.74, 6) is 1.62. The molecule has 3 nitrogen and oxygen atoms in total. The van der Waals surface area contributed by atoms with Gasteiger partial charge in [0.25, 0.3) is 0 Å². The van der Waals surface area contributed by atoms with E-state index in [2.05, 4.69) is 16.8 Å². The first-order valence-corrected chi connectivity index (χ1v) is 5.32. The normalized spacial score (nSPS) is 17.5. The van der Waals surface area contributed by atoms with E-state index in [1.165, 1.54) is 12.8 Å². The van der Waals surface area contributed by atoms with Gasteiger partial charge >= 0.3 is 0 Å². The van der Waals surface area contributed by atoms with Gasteiger partial charge in [0.15, 0.2) is 5.96 Å². The second kappa shape index (κ2) is 5.10. The molecule has 1 saturated carbocycles. The monoisotopic (exact) mass is 183 g/mol. The highest BCUT2D eigenvalue weighted by Crippen LogP contribution is 2.29. The summed E-state index contributed by atoms with van der Waals surface area (Å²) in [6, 6.07) is 0. The Balaban J connectivity index is 2.38. The lowest BCUT2D eigenvalue weighted by Gasteiger charge is -2.22. The van der Waals surface area contributed by atoms with Gasteiger partial charge in [-0.15, -0.1) is 0 Å². The molecule has 0 aliphatic heterocycles. The van der Waals surface area contributed by atoms with Crippen LogP contribution in [0.15, 0.2) is 4.99 Å². The minimum atomic E-state index is 0.733. The van der Waals surface area contributed by atoms with Crippen LogP contribution in [0.25, 0.3) is 0 Å². The van der Waals surface area contributed by atoms with Crippen LogP contribution in [0.4, 0.5) is 0 Å². The third kappa shape index (κ3) is 3.66. The third-order valence-corrected chi connectivity index (χ3v) is 2.31. The van der Waals surface area contributed by atoms with Crippen LogP contribution in [-0.2, 0) is 0 Å². The van der Waals surface area contributed by atoms with Crippen LogP contribution < -0.4 is 5.73 Å². The van der Waals surface area contributed by atoms with Crippen LogP contribution in [0.2, 0.25) is 0 Å². The Morgan fingerprint density at radius 2 is 2.15 bits per heavy atom. The molecule has 0 spiro atoms. The summed E-state index contributed by atoms with van der Waals surface area (Å²) in [4.78, 5) is 6.47. The molecule has 0 heterocycles. The van der Waals surface area contributed by atoms with Crippen molar-refractivity contribution in [2.24, 2.45) is 16.6 Å². The molecule has 0 aromatic rings. The Hall–Kier alpha value is -0.730. The van der Waals surface area contributed by atoms with E-state index < -0.39 is 0 Å². The van der Waals surface area contributed by atoms with Crippen LogP contribution in [0.1, 0.15) is 33.1 Å². The van der Waals surface area contributed by atoms with Gasteiger partial charge in [-0.05, 0) is 32.1 Å². The molecular formula is C10H21N3. The van der Waals surface area contributed by atoms with Crippen molar-refractivity contribution in [3.63, 3.8) is 0 Å². The van der Waals surface area contributed by atoms with Gasteiger partial charge in [0.2, 0.25) is 0 Å². The van der Waals surface area contributed by atoms with Gasteiger partial charge in [0.05, 0.1) is 0 Å². The molecule has 1 rings (SSSR count). The Morgan fingerprint density at radius 3 is 2.62 bits per heavy atom. The molecule has 0 atom stereocenters. The summed E-state index contributed by atoms with van der Waals surface area (Å²) < 4.78 is 0. The van der Waals surface area contributed by atoms with Crippen molar-refractivity contribution in [3.05, 3.63) is 0 Å². The largest absolute Gasteiger partial charge is 0.370 e. The van der Waals surface area contributed by atoms with Crippen molar-refractivity contribution in [2.75, 3.05) is 19.6 Å². The van der Waals surface area contributed by atoms with Gasteiger partial charge in [-0.2, -0.15) is 0 Å². The summed E-state index contributed by atoms with van der Waals surface area (Å²) in [6.45, 7) is 7.15. The number of hydrogen-bond donors (Lipinski definition) is 1. The molecule has 0 aromatic heterocycles. The molecule has 0 aromatic carbocycles. The second-order valence-corrected chi connectivity index (χ2v) is 3.72. The predicted octanol–water partition coefficient (Wildman–Crippen LogP) is 1.44. The number of aliphatic imine (C=N–C) groups is 1. The molecule has 0 saturated heterocycles. The van der Waals surface area contributed by atoms with Crippen molar-refractivity contribution in [3.8, 4) is 0 Å². The van der Waals surface area contributed by atoms with Crippen LogP contribution in [0.5, 0.6) is 0 Å². The summed E-state index contributed by atoms with van der Waals surface area (Å²) in [5.41, 5.74) is 5.87. The van der Waals surface area contributed by atoms with E-state index in [0.717, 1.165) is 37.9 Å². The molecule has 76 valence electrons. The highest BCUT2D eigenvalue weighted by atomic mass is 15.2. The Morgan fingerprint density at radius 1 is 1.46 bits per heavy atom. The standard InChI is InChI=1S/C10H21N3/c1-3-7-13(8-9-5-6-9)10(11)12-4-2/h9H,3-8H2,1-2H3,(H2,11,12). The van der Waals surface area contributed by atoms with E-state index in [-0.39, 0.29) is 0 Å². The smallest absolute Gasteiger partial charge is 0.191 e. The maximum atomic E-state index is 5.87. The zero-order chi connectivity index (χ0) is 9.68. The molecule has 1 aliphatic carbocycles. The van der Waals surface area contributed by atoms with Crippen molar-refractivity contribution in [2.45, 2.75) is 33.1 Å². The van der Waals surface area contributed by atoms with E-state index in [4.69, 9.17) is 5.73 Å². The minimum Gasteiger partial charge on any atom is -0.370 e. The summed E-state index contributed by atoms with van der Waals surface area (Å²) in [6.07, 6.45) is 3.89. The lowest BCUT2D eigenvalue weighted by atomic mass is 10.3. The highest BCUT2D eigenvalue weighted by Gasteiger charge is 2.24. The Kier molecular flexibility index (Phi) is 4.06. The average Bonchev–Trinajstić information content (AvgIpc) is 2.88. The Bertz CT molecular complexity index is 173. The first-order valence-electron chi connectivity index (χ1n) is 5.32. The second-order valence-electron chi connectivity index (χ2n) is 3.72. The SMILES string of the molecule is CCCN(CC1CC1)C(N)=NCC. The van der Waals surface area contributed by atoms with Crippen LogP contribution in [-0.4, -0.2) is 30.5 Å². The van der Waals surface area contributed by atoms with Gasteiger partial charge in [-0.1, -0.05) is 6.92 Å². The minimum absolute atomic E-state index is 0.733. The van der Waals surface area contributed by atoms with Crippen molar-refractivity contribution in [1.82, 2.24) is 4.90 Å². The number of nitrogens with zero attached hydrogens (tertiary/aromatic N) is 2. The fourth-order valence-corrected chi connectivity index (χ4v) is 1.44. The van der Waals surface area contributed by atoms with Crippen LogP contribution in [0, 0.1) is 5.92 Å². The summed E-state index contributed by atoms with van der Waals surface area (Å²) in [7, 11) is 0. The molecule has 3 heteroatoms. The quantitative estimate of drug-likeness (QED) is 0.517. The van der Waals surface area contributed by atoms with E-state index in [0.29, 0.717) is 0 Å². The fraction of sp³-hybridized carbons (Fsp3) is 0.900. The molecular weight excluding hydrogens is 162 g/mol. The molecule has 1 fully saturated rings. The van der Waals surface area contributed by atoms with Gasteiger partial charge in [-0.3, -0.25) is 4.99 Å². The molecule has 2 N–H and O–H groups in total. The molecule has 0 bridgehead atoms. The number of rotatable bonds is 5. The molecule has 13 heavy (non-hydrogen) atoms. The highest BCUT2D eigenvalue weighted by molar-refractivity contribution is 5.78.